The van der Waals surface area contributed by atoms with Crippen molar-refractivity contribution in [2.75, 3.05) is 26.2 Å². The van der Waals surface area contributed by atoms with Crippen LogP contribution >= 0.6 is 0 Å². The zero-order valence-corrected chi connectivity index (χ0v) is 17.9. The Kier molecular flexibility index (Phi) is 6.26. The lowest BCUT2D eigenvalue weighted by Gasteiger charge is -2.14. The average molecular weight is 425 g/mol. The molecule has 1 amide bonds. The summed E-state index contributed by atoms with van der Waals surface area (Å²) in [5.41, 5.74) is 1.94. The molecule has 0 aromatic carbocycles. The van der Waals surface area contributed by atoms with Gasteiger partial charge in [-0.15, -0.1) is 0 Å². The van der Waals surface area contributed by atoms with Crippen molar-refractivity contribution in [3.05, 3.63) is 36.7 Å². The maximum absolute atomic E-state index is 12.3. The number of carbonyl (C=O) groups excluding carboxylic acids is 1. The summed E-state index contributed by atoms with van der Waals surface area (Å²) in [4.78, 5) is 27.5. The van der Waals surface area contributed by atoms with E-state index in [0.29, 0.717) is 29.3 Å². The van der Waals surface area contributed by atoms with Crippen LogP contribution in [0.2, 0.25) is 0 Å². The molecule has 4 heterocycles. The fraction of sp³-hybridized carbons (Fsp3) is 0.476. The molecule has 0 spiro atoms. The van der Waals surface area contributed by atoms with Crippen molar-refractivity contribution in [1.82, 2.24) is 39.5 Å². The van der Waals surface area contributed by atoms with Crippen molar-refractivity contribution < 1.29 is 9.90 Å². The lowest BCUT2D eigenvalue weighted by Crippen LogP contribution is -2.35. The molecule has 0 unspecified atom stereocenters. The van der Waals surface area contributed by atoms with Crippen molar-refractivity contribution in [2.24, 2.45) is 0 Å². The number of likely N-dealkylation sites (tertiary alicyclic amines) is 1. The van der Waals surface area contributed by atoms with Crippen molar-refractivity contribution in [3.63, 3.8) is 0 Å². The molecule has 1 fully saturated rings. The monoisotopic (exact) mass is 424 g/mol. The molecule has 1 aliphatic heterocycles. The van der Waals surface area contributed by atoms with Crippen molar-refractivity contribution in [2.45, 2.75) is 39.2 Å². The summed E-state index contributed by atoms with van der Waals surface area (Å²) in [5, 5.41) is 17.8. The van der Waals surface area contributed by atoms with Crippen LogP contribution in [0.15, 0.2) is 31.1 Å². The maximum atomic E-state index is 12.3. The van der Waals surface area contributed by atoms with Crippen LogP contribution in [0.1, 0.15) is 38.2 Å². The smallest absolute Gasteiger partial charge is 0.241 e. The first kappa shape index (κ1) is 21.0. The molecule has 0 atom stereocenters. The van der Waals surface area contributed by atoms with Gasteiger partial charge in [0.2, 0.25) is 17.7 Å². The first-order valence-corrected chi connectivity index (χ1v) is 10.6. The Bertz CT molecular complexity index is 1020. The van der Waals surface area contributed by atoms with Gasteiger partial charge in [0.15, 0.2) is 0 Å². The number of nitrogens with one attached hydrogen (secondary N) is 1. The van der Waals surface area contributed by atoms with E-state index >= 15 is 0 Å². The van der Waals surface area contributed by atoms with Crippen molar-refractivity contribution in [1.29, 1.82) is 0 Å². The molecule has 10 heteroatoms. The fourth-order valence-electron chi connectivity index (χ4n) is 3.83. The van der Waals surface area contributed by atoms with Crippen LogP contribution in [0.5, 0.6) is 5.88 Å². The van der Waals surface area contributed by atoms with E-state index in [0.717, 1.165) is 19.6 Å². The van der Waals surface area contributed by atoms with E-state index in [2.05, 4.69) is 30.3 Å². The standard InChI is InChI=1S/C21H28N8O2/c1-15(2)18-19(25-21(26-20(18)31)28-10-5-22-14-28)16-11-24-29(12-16)13-17(30)23-6-9-27-7-3-4-8-27/h5,10-12,14-15H,3-4,6-9,13H2,1-2H3,(H,23,30)(H,25,26,31). The highest BCUT2D eigenvalue weighted by Crippen LogP contribution is 2.33. The Labute approximate surface area is 181 Å². The highest BCUT2D eigenvalue weighted by Gasteiger charge is 2.20. The number of hydrogen-bond acceptors (Lipinski definition) is 7. The second kappa shape index (κ2) is 9.25. The Hall–Kier alpha value is -3.27. The SMILES string of the molecule is CC(C)c1c(O)nc(-n2ccnc2)nc1-c1cnn(CC(=O)NCCN2CCCC2)c1. The van der Waals surface area contributed by atoms with Gasteiger partial charge in [0.25, 0.3) is 0 Å². The van der Waals surface area contributed by atoms with E-state index < -0.39 is 0 Å². The van der Waals surface area contributed by atoms with Gasteiger partial charge in [-0.05, 0) is 31.8 Å². The van der Waals surface area contributed by atoms with E-state index in [4.69, 9.17) is 0 Å². The number of carbonyl (C=O) groups is 1. The molecule has 10 nitrogen and oxygen atoms in total. The minimum atomic E-state index is -0.0810. The van der Waals surface area contributed by atoms with Crippen LogP contribution in [0.25, 0.3) is 17.2 Å². The molecule has 3 aromatic rings. The molecular formula is C21H28N8O2. The lowest BCUT2D eigenvalue weighted by molar-refractivity contribution is -0.121. The van der Waals surface area contributed by atoms with Crippen LogP contribution in [0.3, 0.4) is 0 Å². The number of imidazole rings is 1. The van der Waals surface area contributed by atoms with Gasteiger partial charge >= 0.3 is 0 Å². The summed E-state index contributed by atoms with van der Waals surface area (Å²) >= 11 is 0. The number of aromatic nitrogens is 6. The second-order valence-corrected chi connectivity index (χ2v) is 8.06. The summed E-state index contributed by atoms with van der Waals surface area (Å²) in [6.07, 6.45) is 10.8. The second-order valence-electron chi connectivity index (χ2n) is 8.06. The van der Waals surface area contributed by atoms with Gasteiger partial charge in [0, 0.05) is 42.8 Å². The van der Waals surface area contributed by atoms with Crippen LogP contribution in [0, 0.1) is 0 Å². The number of amides is 1. The van der Waals surface area contributed by atoms with Gasteiger partial charge in [-0.3, -0.25) is 14.0 Å². The Morgan fingerprint density at radius 2 is 2.06 bits per heavy atom. The average Bonchev–Trinajstić information content (AvgIpc) is 3.50. The number of hydrogen-bond donors (Lipinski definition) is 2. The van der Waals surface area contributed by atoms with Crippen LogP contribution in [0.4, 0.5) is 0 Å². The molecule has 164 valence electrons. The molecule has 2 N–H and O–H groups in total. The van der Waals surface area contributed by atoms with E-state index in [9.17, 15) is 9.90 Å². The van der Waals surface area contributed by atoms with Crippen molar-refractivity contribution in [3.8, 4) is 23.1 Å². The molecule has 0 bridgehead atoms. The zero-order valence-electron chi connectivity index (χ0n) is 17.9. The lowest BCUT2D eigenvalue weighted by atomic mass is 9.99. The quantitative estimate of drug-likeness (QED) is 0.564. The molecule has 31 heavy (non-hydrogen) atoms. The Morgan fingerprint density at radius 3 is 2.77 bits per heavy atom. The molecule has 3 aromatic heterocycles. The predicted octanol–water partition coefficient (Wildman–Crippen LogP) is 1.57. The van der Waals surface area contributed by atoms with Gasteiger partial charge in [0.1, 0.15) is 12.9 Å². The minimum Gasteiger partial charge on any atom is -0.493 e. The van der Waals surface area contributed by atoms with Crippen LogP contribution in [-0.2, 0) is 11.3 Å². The largest absolute Gasteiger partial charge is 0.493 e. The van der Waals surface area contributed by atoms with Crippen LogP contribution < -0.4 is 5.32 Å². The third kappa shape index (κ3) is 4.91. The van der Waals surface area contributed by atoms with E-state index in [-0.39, 0.29) is 24.2 Å². The molecule has 0 radical (unpaired) electrons. The third-order valence-electron chi connectivity index (χ3n) is 5.39. The van der Waals surface area contributed by atoms with Gasteiger partial charge in [-0.1, -0.05) is 13.8 Å². The first-order chi connectivity index (χ1) is 15.0. The molecular weight excluding hydrogens is 396 g/mol. The van der Waals surface area contributed by atoms with E-state index in [1.54, 1.807) is 40.4 Å². The zero-order chi connectivity index (χ0) is 21.8. The van der Waals surface area contributed by atoms with Crippen LogP contribution in [-0.4, -0.2) is 71.4 Å². The minimum absolute atomic E-state index is 0.00377. The van der Waals surface area contributed by atoms with Gasteiger partial charge in [-0.2, -0.15) is 10.1 Å². The third-order valence-corrected chi connectivity index (χ3v) is 5.39. The highest BCUT2D eigenvalue weighted by molar-refractivity contribution is 5.76. The maximum Gasteiger partial charge on any atom is 0.241 e. The fourth-order valence-corrected chi connectivity index (χ4v) is 3.83. The van der Waals surface area contributed by atoms with Gasteiger partial charge in [-0.25, -0.2) is 9.97 Å². The van der Waals surface area contributed by atoms with Gasteiger partial charge < -0.3 is 15.3 Å². The van der Waals surface area contributed by atoms with Crippen molar-refractivity contribution >= 4 is 5.91 Å². The summed E-state index contributed by atoms with van der Waals surface area (Å²) in [7, 11) is 0. The first-order valence-electron chi connectivity index (χ1n) is 10.6. The summed E-state index contributed by atoms with van der Waals surface area (Å²) in [6.45, 7) is 7.81. The molecule has 1 saturated heterocycles. The number of nitrogens with zero attached hydrogens (tertiary/aromatic N) is 7. The topological polar surface area (TPSA) is 114 Å². The van der Waals surface area contributed by atoms with E-state index in [1.807, 2.05) is 13.8 Å². The molecule has 4 rings (SSSR count). The normalized spacial score (nSPS) is 14.4. The number of rotatable bonds is 8. The van der Waals surface area contributed by atoms with E-state index in [1.165, 1.54) is 12.8 Å². The van der Waals surface area contributed by atoms with Gasteiger partial charge in [0.05, 0.1) is 11.9 Å². The number of aromatic hydroxyl groups is 1. The molecule has 0 aliphatic carbocycles. The summed E-state index contributed by atoms with van der Waals surface area (Å²) < 4.78 is 3.21. The Balaban J connectivity index is 1.49. The molecule has 1 aliphatic rings. The predicted molar refractivity (Wildman–Crippen MR) is 115 cm³/mol. The Morgan fingerprint density at radius 1 is 1.26 bits per heavy atom. The molecule has 0 saturated carbocycles. The summed E-state index contributed by atoms with van der Waals surface area (Å²) in [5.74, 6) is 0.171. The highest BCUT2D eigenvalue weighted by atomic mass is 16.3. The summed E-state index contributed by atoms with van der Waals surface area (Å²) in [6, 6.07) is 0.